The molecule has 3 aromatic carbocycles. The number of hydrogen-bond acceptors (Lipinski definition) is 8. The molecule has 0 saturated carbocycles. The standard InChI is InChI=1S/C34H39N3O7S/c1-45(41,42)27-11-7-22(8-12-27)20-37-21-25-18-29(37)34(40)35-19-32-30(38)14-10-26(44-32)15-16-43-31-17-24(23-5-3-2-4-6-23)9-13-28(31)33(39)36-25/h2-9,11-13,17,25-26,29-30,32,38H,10,14-16,18-21H2,1H3,(H,35,40)(H,36,39)/t25-,26-,29-,30-,32+/m0/s1. The summed E-state index contributed by atoms with van der Waals surface area (Å²) in [5, 5.41) is 16.8. The van der Waals surface area contributed by atoms with Crippen LogP contribution in [0.25, 0.3) is 11.1 Å². The number of benzene rings is 3. The summed E-state index contributed by atoms with van der Waals surface area (Å²) in [6, 6.07) is 21.2. The summed E-state index contributed by atoms with van der Waals surface area (Å²) in [6.45, 7) is 1.31. The minimum atomic E-state index is -3.33. The molecule has 2 amide bonds. The Morgan fingerprint density at radius 3 is 2.49 bits per heavy atom. The van der Waals surface area contributed by atoms with Crippen molar-refractivity contribution in [1.29, 1.82) is 0 Å². The topological polar surface area (TPSA) is 134 Å². The quantitative estimate of drug-likeness (QED) is 0.400. The Balaban J connectivity index is 1.28. The van der Waals surface area contributed by atoms with Gasteiger partial charge in [-0.25, -0.2) is 8.42 Å². The predicted octanol–water partition coefficient (Wildman–Crippen LogP) is 2.94. The Bertz CT molecular complexity index is 1630. The first-order valence-corrected chi connectivity index (χ1v) is 17.3. The molecule has 0 spiro atoms. The molecule has 3 aromatic rings. The largest absolute Gasteiger partial charge is 0.493 e. The third-order valence-electron chi connectivity index (χ3n) is 8.87. The van der Waals surface area contributed by atoms with E-state index in [1.165, 1.54) is 0 Å². The van der Waals surface area contributed by atoms with Crippen molar-refractivity contribution in [3.05, 3.63) is 83.9 Å². The van der Waals surface area contributed by atoms with Gasteiger partial charge in [-0.3, -0.25) is 14.5 Å². The number of hydrogen-bond donors (Lipinski definition) is 3. The molecule has 0 aromatic heterocycles. The fraction of sp³-hybridized carbons (Fsp3) is 0.412. The lowest BCUT2D eigenvalue weighted by atomic mass is 9.99. The SMILES string of the molecule is CS(=O)(=O)c1ccc(CN2C[C@@H]3C[C@H]2C(=O)NC[C@H]2O[C@H](CCOc4cc(-c5ccccc5)ccc4C(=O)N3)CC[C@@H]2O)cc1. The first-order chi connectivity index (χ1) is 21.6. The van der Waals surface area contributed by atoms with Gasteiger partial charge in [-0.05, 0) is 60.2 Å². The molecule has 0 radical (unpaired) electrons. The van der Waals surface area contributed by atoms with Crippen molar-refractivity contribution in [2.75, 3.05) is 26.0 Å². The Labute approximate surface area is 263 Å². The molecule has 45 heavy (non-hydrogen) atoms. The zero-order chi connectivity index (χ0) is 31.6. The highest BCUT2D eigenvalue weighted by Crippen LogP contribution is 2.30. The van der Waals surface area contributed by atoms with E-state index < -0.39 is 28.1 Å². The number of rotatable bonds is 4. The molecule has 4 bridgehead atoms. The van der Waals surface area contributed by atoms with Crippen LogP contribution in [-0.2, 0) is 25.9 Å². The number of likely N-dealkylation sites (tertiary alicyclic amines) is 1. The second-order valence-corrected chi connectivity index (χ2v) is 14.2. The summed E-state index contributed by atoms with van der Waals surface area (Å²) in [4.78, 5) is 29.5. The fourth-order valence-corrected chi connectivity index (χ4v) is 7.03. The van der Waals surface area contributed by atoms with Crippen LogP contribution < -0.4 is 15.4 Å². The molecule has 11 heteroatoms. The first-order valence-electron chi connectivity index (χ1n) is 15.4. The lowest BCUT2D eigenvalue weighted by molar-refractivity contribution is -0.133. The van der Waals surface area contributed by atoms with Crippen LogP contribution in [0, 0.1) is 0 Å². The van der Waals surface area contributed by atoms with Crippen molar-refractivity contribution in [2.24, 2.45) is 0 Å². The zero-order valence-electron chi connectivity index (χ0n) is 25.2. The minimum Gasteiger partial charge on any atom is -0.493 e. The molecule has 6 rings (SSSR count). The van der Waals surface area contributed by atoms with Crippen LogP contribution in [-0.4, -0.2) is 86.6 Å². The minimum absolute atomic E-state index is 0.153. The molecule has 10 nitrogen and oxygen atoms in total. The number of fused-ring (bicyclic) bond motifs is 5. The Morgan fingerprint density at radius 1 is 0.956 bits per heavy atom. The van der Waals surface area contributed by atoms with Gasteiger partial charge in [0.1, 0.15) is 11.9 Å². The van der Waals surface area contributed by atoms with Gasteiger partial charge in [0.25, 0.3) is 5.91 Å². The van der Waals surface area contributed by atoms with Crippen LogP contribution in [0.3, 0.4) is 0 Å². The van der Waals surface area contributed by atoms with E-state index in [0.29, 0.717) is 56.7 Å². The summed E-state index contributed by atoms with van der Waals surface area (Å²) in [5.74, 6) is -0.0125. The maximum absolute atomic E-state index is 13.7. The molecule has 0 unspecified atom stereocenters. The second-order valence-electron chi connectivity index (χ2n) is 12.2. The van der Waals surface area contributed by atoms with Crippen LogP contribution in [0.5, 0.6) is 5.75 Å². The third kappa shape index (κ3) is 7.38. The van der Waals surface area contributed by atoms with Gasteiger partial charge in [-0.15, -0.1) is 0 Å². The third-order valence-corrected chi connectivity index (χ3v) is 10.00. The van der Waals surface area contributed by atoms with Gasteiger partial charge in [0.05, 0.1) is 35.3 Å². The Morgan fingerprint density at radius 2 is 1.73 bits per heavy atom. The van der Waals surface area contributed by atoms with Crippen molar-refractivity contribution in [3.8, 4) is 16.9 Å². The second kappa shape index (κ2) is 13.3. The van der Waals surface area contributed by atoms with E-state index in [4.69, 9.17) is 9.47 Å². The number of sulfone groups is 1. The Kier molecular flexibility index (Phi) is 9.23. The van der Waals surface area contributed by atoms with Gasteiger partial charge in [0.15, 0.2) is 9.84 Å². The smallest absolute Gasteiger partial charge is 0.255 e. The molecule has 3 aliphatic rings. The van der Waals surface area contributed by atoms with Gasteiger partial charge in [-0.2, -0.15) is 0 Å². The number of aliphatic hydroxyl groups is 1. The van der Waals surface area contributed by atoms with E-state index in [0.717, 1.165) is 22.9 Å². The number of nitrogens with zero attached hydrogens (tertiary/aromatic N) is 1. The van der Waals surface area contributed by atoms with Crippen molar-refractivity contribution in [2.45, 2.75) is 67.5 Å². The van der Waals surface area contributed by atoms with Crippen LogP contribution in [0.1, 0.15) is 41.6 Å². The van der Waals surface area contributed by atoms with Gasteiger partial charge < -0.3 is 25.2 Å². The number of ether oxygens (including phenoxy) is 2. The van der Waals surface area contributed by atoms with Gasteiger partial charge >= 0.3 is 0 Å². The van der Waals surface area contributed by atoms with Crippen LogP contribution in [0.2, 0.25) is 0 Å². The van der Waals surface area contributed by atoms with E-state index in [2.05, 4.69) is 10.6 Å². The van der Waals surface area contributed by atoms with E-state index >= 15 is 0 Å². The van der Waals surface area contributed by atoms with Crippen LogP contribution in [0.4, 0.5) is 0 Å². The molecule has 3 N–H and O–H groups in total. The lowest BCUT2D eigenvalue weighted by Crippen LogP contribution is -2.50. The van der Waals surface area contributed by atoms with Crippen molar-refractivity contribution in [3.63, 3.8) is 0 Å². The molecule has 3 aliphatic heterocycles. The number of aliphatic hydroxyl groups excluding tert-OH is 1. The average Bonchev–Trinajstić information content (AvgIpc) is 3.42. The first kappa shape index (κ1) is 31.2. The monoisotopic (exact) mass is 633 g/mol. The van der Waals surface area contributed by atoms with E-state index in [9.17, 15) is 23.1 Å². The zero-order valence-corrected chi connectivity index (χ0v) is 26.0. The summed E-state index contributed by atoms with van der Waals surface area (Å²) in [6.07, 6.45) is 1.98. The highest BCUT2D eigenvalue weighted by atomic mass is 32.2. The molecule has 5 atom stereocenters. The molecule has 3 heterocycles. The molecule has 238 valence electrons. The van der Waals surface area contributed by atoms with Gasteiger partial charge in [0.2, 0.25) is 5.91 Å². The van der Waals surface area contributed by atoms with Crippen molar-refractivity contribution < 1.29 is 32.6 Å². The fourth-order valence-electron chi connectivity index (χ4n) is 6.40. The number of nitrogens with one attached hydrogen (secondary N) is 2. The highest BCUT2D eigenvalue weighted by molar-refractivity contribution is 7.90. The van der Waals surface area contributed by atoms with Crippen molar-refractivity contribution >= 4 is 21.7 Å². The van der Waals surface area contributed by atoms with Gasteiger partial charge in [-0.1, -0.05) is 48.5 Å². The summed E-state index contributed by atoms with van der Waals surface area (Å²) in [5.41, 5.74) is 3.20. The highest BCUT2D eigenvalue weighted by Gasteiger charge is 2.39. The predicted molar refractivity (Wildman–Crippen MR) is 169 cm³/mol. The molecular weight excluding hydrogens is 594 g/mol. The van der Waals surface area contributed by atoms with Gasteiger partial charge in [0, 0.05) is 38.4 Å². The van der Waals surface area contributed by atoms with Crippen LogP contribution in [0.15, 0.2) is 77.7 Å². The number of carbonyl (C=O) groups is 2. The molecule has 0 aliphatic carbocycles. The molecular formula is C34H39N3O7S. The molecule has 2 fully saturated rings. The number of carbonyl (C=O) groups excluding carboxylic acids is 2. The molecule has 2 saturated heterocycles. The van der Waals surface area contributed by atoms with Crippen LogP contribution >= 0.6 is 0 Å². The summed E-state index contributed by atoms with van der Waals surface area (Å²) >= 11 is 0. The van der Waals surface area contributed by atoms with E-state index in [-0.39, 0.29) is 35.4 Å². The lowest BCUT2D eigenvalue weighted by Gasteiger charge is -2.34. The van der Waals surface area contributed by atoms with E-state index in [1.807, 2.05) is 47.4 Å². The average molecular weight is 634 g/mol. The summed E-state index contributed by atoms with van der Waals surface area (Å²) in [7, 11) is -3.33. The maximum atomic E-state index is 13.7. The van der Waals surface area contributed by atoms with Crippen molar-refractivity contribution in [1.82, 2.24) is 15.5 Å². The number of amides is 2. The Hall–Kier alpha value is -3.77. The maximum Gasteiger partial charge on any atom is 0.255 e. The summed E-state index contributed by atoms with van der Waals surface area (Å²) < 4.78 is 36.3. The van der Waals surface area contributed by atoms with E-state index in [1.54, 1.807) is 30.3 Å². The normalized spacial score (nSPS) is 26.3.